The van der Waals surface area contributed by atoms with Gasteiger partial charge in [0.25, 0.3) is 0 Å². The number of nitrogens with zero attached hydrogens (tertiary/aromatic N) is 2. The molecule has 0 spiro atoms. The van der Waals surface area contributed by atoms with Gasteiger partial charge in [0.05, 0.1) is 13.2 Å². The van der Waals surface area contributed by atoms with Crippen molar-refractivity contribution in [2.75, 3.05) is 13.2 Å². The molecule has 240 valence electrons. The van der Waals surface area contributed by atoms with E-state index in [-0.39, 0.29) is 54.9 Å². The molecule has 1 aliphatic heterocycles. The number of aryl methyl sites for hydroxylation is 1. The van der Waals surface area contributed by atoms with Crippen molar-refractivity contribution in [2.45, 2.75) is 136 Å². The molecular weight excluding hydrogens is 643 g/mol. The first-order valence-electron chi connectivity index (χ1n) is 16.3. The number of unbranched alkanes of at least 4 members (excludes halogenated alkanes) is 13. The second-order valence-electron chi connectivity index (χ2n) is 12.2. The lowest BCUT2D eigenvalue weighted by atomic mass is 9.81. The molecule has 0 N–H and O–H groups in total. The van der Waals surface area contributed by atoms with Crippen LogP contribution in [0.25, 0.3) is 0 Å². The van der Waals surface area contributed by atoms with Gasteiger partial charge in [-0.05, 0) is 18.8 Å². The van der Waals surface area contributed by atoms with E-state index >= 15 is 0 Å². The summed E-state index contributed by atoms with van der Waals surface area (Å²) < 4.78 is 13.4. The molecule has 0 unspecified atom stereocenters. The number of amides is 2. The standard InChI is InChI=1S/C34H57N2O5.HI/c1-5-6-7-8-9-10-11-12-13-14-15-16-17-18-21-29(2)34(28-37)24-31(27-41-34)26-40-33(39)36(30(3)38)25-32-22-19-20-23-35(32)4;/h19-20,22-23,28-29,31H,5-18,21,24-27H2,1-4H3;1H/q+1;/p-1/t29-,31-,34-;/m0./s1. The molecule has 1 aliphatic rings. The van der Waals surface area contributed by atoms with E-state index < -0.39 is 11.7 Å². The van der Waals surface area contributed by atoms with Crippen molar-refractivity contribution in [3.05, 3.63) is 30.1 Å². The van der Waals surface area contributed by atoms with E-state index in [0.717, 1.165) is 29.7 Å². The third-order valence-corrected chi connectivity index (χ3v) is 8.75. The molecule has 1 aromatic heterocycles. The molecule has 0 aliphatic carbocycles. The van der Waals surface area contributed by atoms with Gasteiger partial charge in [0.15, 0.2) is 12.5 Å². The van der Waals surface area contributed by atoms with Crippen LogP contribution in [0.5, 0.6) is 0 Å². The third kappa shape index (κ3) is 13.8. The Hall–Kier alpha value is -1.55. The molecule has 2 rings (SSSR count). The smallest absolute Gasteiger partial charge is 0.417 e. The fraction of sp³-hybridized carbons (Fsp3) is 0.765. The number of hydrogen-bond acceptors (Lipinski definition) is 5. The van der Waals surface area contributed by atoms with Crippen LogP contribution in [0.2, 0.25) is 0 Å². The summed E-state index contributed by atoms with van der Waals surface area (Å²) in [7, 11) is 1.87. The second-order valence-corrected chi connectivity index (χ2v) is 12.2. The van der Waals surface area contributed by atoms with Crippen molar-refractivity contribution in [1.82, 2.24) is 4.90 Å². The number of aromatic nitrogens is 1. The molecule has 1 fully saturated rings. The summed E-state index contributed by atoms with van der Waals surface area (Å²) in [5.74, 6) is -0.319. The monoisotopic (exact) mass is 700 g/mol. The molecule has 1 saturated heterocycles. The maximum absolute atomic E-state index is 12.7. The van der Waals surface area contributed by atoms with Crippen molar-refractivity contribution in [3.8, 4) is 0 Å². The van der Waals surface area contributed by atoms with E-state index in [9.17, 15) is 14.4 Å². The van der Waals surface area contributed by atoms with Gasteiger partial charge in [0.2, 0.25) is 11.6 Å². The van der Waals surface area contributed by atoms with Crippen molar-refractivity contribution in [2.24, 2.45) is 18.9 Å². The minimum absolute atomic E-state index is 0. The van der Waals surface area contributed by atoms with Crippen molar-refractivity contribution < 1.29 is 52.4 Å². The van der Waals surface area contributed by atoms with Crippen LogP contribution in [-0.2, 0) is 32.7 Å². The molecular formula is C34H57IN2O5. The number of pyridine rings is 1. The van der Waals surface area contributed by atoms with Gasteiger partial charge in [-0.1, -0.05) is 110 Å². The molecule has 0 aromatic carbocycles. The Morgan fingerprint density at radius 1 is 1.02 bits per heavy atom. The minimum atomic E-state index is -0.814. The van der Waals surface area contributed by atoms with E-state index in [1.165, 1.54) is 90.4 Å². The average molecular weight is 701 g/mol. The SMILES string of the molecule is CCCCCCCCCCCCCCCC[C@H](C)[C@@]1(C=O)C[C@@H](COC(=O)N(Cc2cccc[n+]2C)C(C)=O)CO1.[I-]. The van der Waals surface area contributed by atoms with Crippen molar-refractivity contribution >= 4 is 18.3 Å². The van der Waals surface area contributed by atoms with E-state index in [4.69, 9.17) is 9.47 Å². The fourth-order valence-electron chi connectivity index (χ4n) is 5.84. The molecule has 2 amide bonds. The van der Waals surface area contributed by atoms with Crippen LogP contribution in [0.1, 0.15) is 129 Å². The van der Waals surface area contributed by atoms with Crippen LogP contribution < -0.4 is 28.5 Å². The summed E-state index contributed by atoms with van der Waals surface area (Å²) in [6.07, 6.45) is 22.3. The lowest BCUT2D eigenvalue weighted by Crippen LogP contribution is -3.00. The molecule has 7 nitrogen and oxygen atoms in total. The maximum atomic E-state index is 12.7. The number of ether oxygens (including phenoxy) is 2. The lowest BCUT2D eigenvalue weighted by molar-refractivity contribution is -0.679. The predicted molar refractivity (Wildman–Crippen MR) is 162 cm³/mol. The second kappa shape index (κ2) is 22.0. The summed E-state index contributed by atoms with van der Waals surface area (Å²) >= 11 is 0. The number of halogens is 1. The van der Waals surface area contributed by atoms with Gasteiger partial charge in [-0.3, -0.25) is 4.79 Å². The van der Waals surface area contributed by atoms with Gasteiger partial charge in [-0.15, -0.1) is 0 Å². The summed E-state index contributed by atoms with van der Waals surface area (Å²) in [6.45, 7) is 6.38. The Balaban J connectivity index is 0.00000882. The number of imide groups is 1. The fourth-order valence-corrected chi connectivity index (χ4v) is 5.84. The highest BCUT2D eigenvalue weighted by Gasteiger charge is 2.45. The zero-order valence-corrected chi connectivity index (χ0v) is 28.9. The van der Waals surface area contributed by atoms with Gasteiger partial charge in [-0.2, -0.15) is 0 Å². The van der Waals surface area contributed by atoms with Gasteiger partial charge in [-0.25, -0.2) is 14.3 Å². The van der Waals surface area contributed by atoms with Crippen LogP contribution in [0, 0.1) is 11.8 Å². The highest BCUT2D eigenvalue weighted by atomic mass is 127. The Morgan fingerprint density at radius 2 is 1.60 bits per heavy atom. The number of hydrogen-bond donors (Lipinski definition) is 0. The summed E-state index contributed by atoms with van der Waals surface area (Å²) in [5, 5.41) is 0. The Kier molecular flexibility index (Phi) is 20.2. The molecule has 3 atom stereocenters. The van der Waals surface area contributed by atoms with Gasteiger partial charge >= 0.3 is 6.09 Å². The average Bonchev–Trinajstić information content (AvgIpc) is 3.40. The third-order valence-electron chi connectivity index (χ3n) is 8.75. The highest BCUT2D eigenvalue weighted by Crippen LogP contribution is 2.37. The predicted octanol–water partition coefficient (Wildman–Crippen LogP) is 4.48. The Labute approximate surface area is 272 Å². The van der Waals surface area contributed by atoms with E-state index in [1.807, 2.05) is 36.0 Å². The van der Waals surface area contributed by atoms with Gasteiger partial charge in [0.1, 0.15) is 19.2 Å². The molecule has 42 heavy (non-hydrogen) atoms. The Bertz CT molecular complexity index is 914. The molecule has 0 radical (unpaired) electrons. The zero-order chi connectivity index (χ0) is 29.9. The lowest BCUT2D eigenvalue weighted by Gasteiger charge is -2.29. The van der Waals surface area contributed by atoms with Crippen LogP contribution >= 0.6 is 0 Å². The first kappa shape index (κ1) is 38.5. The van der Waals surface area contributed by atoms with Gasteiger partial charge < -0.3 is 38.2 Å². The van der Waals surface area contributed by atoms with Crippen molar-refractivity contribution in [3.63, 3.8) is 0 Å². The Morgan fingerprint density at radius 3 is 2.12 bits per heavy atom. The first-order chi connectivity index (χ1) is 19.8. The van der Waals surface area contributed by atoms with Crippen LogP contribution in [-0.4, -0.2) is 42.0 Å². The van der Waals surface area contributed by atoms with Gasteiger partial charge in [0, 0.05) is 25.0 Å². The summed E-state index contributed by atoms with van der Waals surface area (Å²) in [5.41, 5.74) is 0.00668. The molecule has 0 bridgehead atoms. The van der Waals surface area contributed by atoms with E-state index in [0.29, 0.717) is 13.0 Å². The molecule has 1 aromatic rings. The van der Waals surface area contributed by atoms with Crippen LogP contribution in [0.3, 0.4) is 0 Å². The molecule has 0 saturated carbocycles. The van der Waals surface area contributed by atoms with E-state index in [2.05, 4.69) is 13.8 Å². The largest absolute Gasteiger partial charge is 1.00 e. The number of rotatable bonds is 21. The van der Waals surface area contributed by atoms with Crippen LogP contribution in [0.4, 0.5) is 4.79 Å². The zero-order valence-electron chi connectivity index (χ0n) is 26.8. The topological polar surface area (TPSA) is 76.8 Å². The van der Waals surface area contributed by atoms with E-state index in [1.54, 1.807) is 0 Å². The quantitative estimate of drug-likeness (QED) is 0.0819. The maximum Gasteiger partial charge on any atom is 0.417 e. The first-order valence-corrected chi connectivity index (χ1v) is 16.3. The normalized spacial score (nSPS) is 18.7. The summed E-state index contributed by atoms with van der Waals surface area (Å²) in [4.78, 5) is 38.2. The highest BCUT2D eigenvalue weighted by molar-refractivity contribution is 5.90. The minimum Gasteiger partial charge on any atom is -1.00 e. The summed E-state index contributed by atoms with van der Waals surface area (Å²) in [6, 6.07) is 5.62. The number of carbonyl (C=O) groups is 3. The van der Waals surface area contributed by atoms with Crippen LogP contribution in [0.15, 0.2) is 24.4 Å². The molecule has 2 heterocycles. The van der Waals surface area contributed by atoms with Crippen molar-refractivity contribution in [1.29, 1.82) is 0 Å². The molecule has 8 heteroatoms. The number of carbonyl (C=O) groups excluding carboxylic acids is 3. The number of aldehydes is 1.